The minimum absolute atomic E-state index is 0.147. The Morgan fingerprint density at radius 1 is 1.17 bits per heavy atom. The molecular weight excluding hydrogens is 336 g/mol. The van der Waals surface area contributed by atoms with Crippen molar-refractivity contribution in [3.05, 3.63) is 47.3 Å². The van der Waals surface area contributed by atoms with E-state index in [0.717, 1.165) is 22.6 Å². The fourth-order valence-corrected chi connectivity index (χ4v) is 3.94. The summed E-state index contributed by atoms with van der Waals surface area (Å²) in [5, 5.41) is 4.38. The minimum atomic E-state index is -3.48. The Bertz CT molecular complexity index is 725. The SMILES string of the molecule is COc1ccc(CC(=O)NCCNS(=O)(=O)c2cccs2)cc1. The smallest absolute Gasteiger partial charge is 0.250 e. The van der Waals surface area contributed by atoms with Crippen LogP contribution in [0.4, 0.5) is 0 Å². The van der Waals surface area contributed by atoms with Gasteiger partial charge in [0.2, 0.25) is 15.9 Å². The number of sulfonamides is 1. The molecule has 0 unspecified atom stereocenters. The normalized spacial score (nSPS) is 11.2. The average Bonchev–Trinajstić information content (AvgIpc) is 3.08. The van der Waals surface area contributed by atoms with Crippen molar-refractivity contribution in [1.82, 2.24) is 10.0 Å². The van der Waals surface area contributed by atoms with Crippen LogP contribution in [0.15, 0.2) is 46.0 Å². The molecule has 0 aliphatic carbocycles. The van der Waals surface area contributed by atoms with Crippen molar-refractivity contribution in [2.45, 2.75) is 10.6 Å². The van der Waals surface area contributed by atoms with Gasteiger partial charge in [-0.3, -0.25) is 4.79 Å². The quantitative estimate of drug-likeness (QED) is 0.702. The standard InChI is InChI=1S/C15H18N2O4S2/c1-21-13-6-4-12(5-7-13)11-14(18)16-8-9-17-23(19,20)15-3-2-10-22-15/h2-7,10,17H,8-9,11H2,1H3,(H,16,18). The largest absolute Gasteiger partial charge is 0.497 e. The Morgan fingerprint density at radius 2 is 1.91 bits per heavy atom. The van der Waals surface area contributed by atoms with Gasteiger partial charge in [-0.2, -0.15) is 0 Å². The summed E-state index contributed by atoms with van der Waals surface area (Å²) < 4.78 is 31.5. The zero-order valence-electron chi connectivity index (χ0n) is 12.6. The van der Waals surface area contributed by atoms with Crippen LogP contribution in [-0.4, -0.2) is 34.5 Å². The minimum Gasteiger partial charge on any atom is -0.497 e. The van der Waals surface area contributed by atoms with Crippen LogP contribution in [0.1, 0.15) is 5.56 Å². The van der Waals surface area contributed by atoms with Gasteiger partial charge < -0.3 is 10.1 Å². The molecule has 0 saturated carbocycles. The summed E-state index contributed by atoms with van der Waals surface area (Å²) in [7, 11) is -1.90. The third-order valence-electron chi connectivity index (χ3n) is 3.02. The van der Waals surface area contributed by atoms with E-state index in [2.05, 4.69) is 10.0 Å². The highest BCUT2D eigenvalue weighted by Gasteiger charge is 2.14. The zero-order valence-corrected chi connectivity index (χ0v) is 14.2. The van der Waals surface area contributed by atoms with Crippen LogP contribution in [-0.2, 0) is 21.2 Å². The molecule has 1 aromatic carbocycles. The van der Waals surface area contributed by atoms with Gasteiger partial charge in [-0.1, -0.05) is 18.2 Å². The van der Waals surface area contributed by atoms with E-state index in [9.17, 15) is 13.2 Å². The van der Waals surface area contributed by atoms with Gasteiger partial charge in [0.05, 0.1) is 13.5 Å². The van der Waals surface area contributed by atoms with Crippen molar-refractivity contribution in [3.63, 3.8) is 0 Å². The summed E-state index contributed by atoms with van der Waals surface area (Å²) in [6.07, 6.45) is 0.238. The number of hydrogen-bond donors (Lipinski definition) is 2. The lowest BCUT2D eigenvalue weighted by Crippen LogP contribution is -2.35. The van der Waals surface area contributed by atoms with Crippen molar-refractivity contribution >= 4 is 27.3 Å². The van der Waals surface area contributed by atoms with Crippen LogP contribution in [0.25, 0.3) is 0 Å². The monoisotopic (exact) mass is 354 g/mol. The highest BCUT2D eigenvalue weighted by Crippen LogP contribution is 2.14. The van der Waals surface area contributed by atoms with Gasteiger partial charge in [-0.25, -0.2) is 13.1 Å². The van der Waals surface area contributed by atoms with Gasteiger partial charge >= 0.3 is 0 Å². The molecule has 0 spiro atoms. The number of hydrogen-bond acceptors (Lipinski definition) is 5. The fourth-order valence-electron chi connectivity index (χ4n) is 1.87. The Hall–Kier alpha value is -1.90. The molecule has 23 heavy (non-hydrogen) atoms. The summed E-state index contributed by atoms with van der Waals surface area (Å²) in [4.78, 5) is 11.8. The first-order valence-corrected chi connectivity index (χ1v) is 9.30. The second-order valence-electron chi connectivity index (χ2n) is 4.70. The fraction of sp³-hybridized carbons (Fsp3) is 0.267. The molecule has 0 aliphatic heterocycles. The molecule has 1 heterocycles. The van der Waals surface area contributed by atoms with Crippen molar-refractivity contribution in [1.29, 1.82) is 0 Å². The predicted octanol–water partition coefficient (Wildman–Crippen LogP) is 1.39. The summed E-state index contributed by atoms with van der Waals surface area (Å²) >= 11 is 1.15. The molecule has 0 aliphatic rings. The van der Waals surface area contributed by atoms with E-state index in [4.69, 9.17) is 4.74 Å². The Labute approximate surface area is 139 Å². The molecule has 1 amide bonds. The molecule has 124 valence electrons. The number of methoxy groups -OCH3 is 1. The maximum absolute atomic E-state index is 11.9. The van der Waals surface area contributed by atoms with Gasteiger partial charge in [-0.05, 0) is 29.1 Å². The topological polar surface area (TPSA) is 84.5 Å². The van der Waals surface area contributed by atoms with Crippen LogP contribution < -0.4 is 14.8 Å². The average molecular weight is 354 g/mol. The lowest BCUT2D eigenvalue weighted by Gasteiger charge is -2.07. The lowest BCUT2D eigenvalue weighted by atomic mass is 10.1. The van der Waals surface area contributed by atoms with Crippen molar-refractivity contribution in [2.24, 2.45) is 0 Å². The van der Waals surface area contributed by atoms with Crippen molar-refractivity contribution in [2.75, 3.05) is 20.2 Å². The molecule has 6 nitrogen and oxygen atoms in total. The first kappa shape index (κ1) is 17.5. The Balaban J connectivity index is 1.72. The van der Waals surface area contributed by atoms with Crippen molar-refractivity contribution in [3.8, 4) is 5.75 Å². The number of amides is 1. The Morgan fingerprint density at radius 3 is 2.52 bits per heavy atom. The van der Waals surface area contributed by atoms with Crippen LogP contribution in [0, 0.1) is 0 Å². The molecule has 1 aromatic heterocycles. The third-order valence-corrected chi connectivity index (χ3v) is 5.88. The molecule has 0 saturated heterocycles. The number of thiophene rings is 1. The molecule has 0 bridgehead atoms. The molecular formula is C15H18N2O4S2. The first-order chi connectivity index (χ1) is 11.0. The zero-order chi connectivity index (χ0) is 16.7. The number of nitrogens with one attached hydrogen (secondary N) is 2. The second kappa shape index (κ2) is 8.09. The molecule has 0 fully saturated rings. The number of benzene rings is 1. The molecule has 0 radical (unpaired) electrons. The van der Waals surface area contributed by atoms with E-state index in [1.54, 1.807) is 30.7 Å². The summed E-state index contributed by atoms with van der Waals surface area (Å²) in [6.45, 7) is 0.383. The maximum atomic E-state index is 11.9. The number of carbonyl (C=O) groups is 1. The molecule has 8 heteroatoms. The van der Waals surface area contributed by atoms with E-state index in [-0.39, 0.29) is 29.6 Å². The van der Waals surface area contributed by atoms with E-state index in [1.165, 1.54) is 6.07 Å². The predicted molar refractivity (Wildman–Crippen MR) is 89.2 cm³/mol. The summed E-state index contributed by atoms with van der Waals surface area (Å²) in [5.74, 6) is 0.572. The summed E-state index contributed by atoms with van der Waals surface area (Å²) in [5.41, 5.74) is 0.863. The van der Waals surface area contributed by atoms with Crippen LogP contribution in [0.2, 0.25) is 0 Å². The first-order valence-electron chi connectivity index (χ1n) is 6.94. The van der Waals surface area contributed by atoms with E-state index >= 15 is 0 Å². The van der Waals surface area contributed by atoms with Gasteiger partial charge in [0.15, 0.2) is 0 Å². The van der Waals surface area contributed by atoms with Crippen molar-refractivity contribution < 1.29 is 17.9 Å². The van der Waals surface area contributed by atoms with Crippen LogP contribution in [0.5, 0.6) is 5.75 Å². The molecule has 2 rings (SSSR count). The van der Waals surface area contributed by atoms with E-state index in [0.29, 0.717) is 0 Å². The second-order valence-corrected chi connectivity index (χ2v) is 7.65. The van der Waals surface area contributed by atoms with Gasteiger partial charge in [0.1, 0.15) is 9.96 Å². The lowest BCUT2D eigenvalue weighted by molar-refractivity contribution is -0.120. The summed E-state index contributed by atoms with van der Waals surface area (Å²) in [6, 6.07) is 10.4. The number of rotatable bonds is 8. The highest BCUT2D eigenvalue weighted by molar-refractivity contribution is 7.91. The highest BCUT2D eigenvalue weighted by atomic mass is 32.2. The van der Waals surface area contributed by atoms with Crippen LogP contribution in [0.3, 0.4) is 0 Å². The maximum Gasteiger partial charge on any atom is 0.250 e. The number of ether oxygens (including phenoxy) is 1. The van der Waals surface area contributed by atoms with Gasteiger partial charge in [0, 0.05) is 13.1 Å². The molecule has 2 N–H and O–H groups in total. The van der Waals surface area contributed by atoms with Gasteiger partial charge in [0.25, 0.3) is 0 Å². The van der Waals surface area contributed by atoms with E-state index < -0.39 is 10.0 Å². The molecule has 0 atom stereocenters. The van der Waals surface area contributed by atoms with E-state index in [1.807, 2.05) is 12.1 Å². The van der Waals surface area contributed by atoms with Crippen LogP contribution >= 0.6 is 11.3 Å². The van der Waals surface area contributed by atoms with Gasteiger partial charge in [-0.15, -0.1) is 11.3 Å². The Kier molecular flexibility index (Phi) is 6.14. The number of carbonyl (C=O) groups excluding carboxylic acids is 1. The molecule has 2 aromatic rings. The third kappa shape index (κ3) is 5.34.